The van der Waals surface area contributed by atoms with Gasteiger partial charge in [-0.3, -0.25) is 9.59 Å². The lowest BCUT2D eigenvalue weighted by Gasteiger charge is -2.20. The van der Waals surface area contributed by atoms with Crippen LogP contribution in [-0.4, -0.2) is 47.4 Å². The fourth-order valence-electron chi connectivity index (χ4n) is 9.46. The highest BCUT2D eigenvalue weighted by atomic mass is 16.5. The van der Waals surface area contributed by atoms with E-state index in [2.05, 4.69) is 19.2 Å². The lowest BCUT2D eigenvalue weighted by atomic mass is 10.0. The molecule has 0 aromatic heterocycles. The summed E-state index contributed by atoms with van der Waals surface area (Å²) in [6.07, 6.45) is 66.6. The second-order valence-corrected chi connectivity index (χ2v) is 20.7. The number of hydrogen-bond donors (Lipinski definition) is 3. The van der Waals surface area contributed by atoms with Crippen LogP contribution in [0.2, 0.25) is 0 Å². The van der Waals surface area contributed by atoms with Gasteiger partial charge in [-0.15, -0.1) is 0 Å². The van der Waals surface area contributed by atoms with Crippen molar-refractivity contribution < 1.29 is 24.5 Å². The van der Waals surface area contributed by atoms with Gasteiger partial charge in [-0.2, -0.15) is 0 Å². The topological polar surface area (TPSA) is 95.9 Å². The Bertz CT molecular complexity index is 986. The second-order valence-electron chi connectivity index (χ2n) is 20.7. The molecular formula is C60H117NO5. The summed E-state index contributed by atoms with van der Waals surface area (Å²) < 4.78 is 5.48. The average Bonchev–Trinajstić information content (AvgIpc) is 3.32. The van der Waals surface area contributed by atoms with Gasteiger partial charge in [0.2, 0.25) is 5.91 Å². The molecule has 0 aliphatic heterocycles. The molecule has 0 saturated carbocycles. The Morgan fingerprint density at radius 1 is 0.409 bits per heavy atom. The van der Waals surface area contributed by atoms with E-state index in [1.54, 1.807) is 6.08 Å². The zero-order valence-electron chi connectivity index (χ0n) is 44.7. The Hall–Kier alpha value is -1.40. The van der Waals surface area contributed by atoms with Crippen molar-refractivity contribution in [3.63, 3.8) is 0 Å². The summed E-state index contributed by atoms with van der Waals surface area (Å²) in [6, 6.07) is -0.644. The number of carbonyl (C=O) groups is 2. The van der Waals surface area contributed by atoms with Crippen LogP contribution in [0.25, 0.3) is 0 Å². The van der Waals surface area contributed by atoms with E-state index >= 15 is 0 Å². The quantitative estimate of drug-likeness (QED) is 0.0321. The molecule has 0 saturated heterocycles. The first-order valence-electron chi connectivity index (χ1n) is 30.0. The van der Waals surface area contributed by atoms with E-state index < -0.39 is 12.1 Å². The SMILES string of the molecule is CCCCCCCCCCCCCCCCCCCCC/C=C/C(O)C(CO)NC(=O)CCCCCCCCCCCCOC(=O)CCCCCCCCCCCCCCCCCCCC. The van der Waals surface area contributed by atoms with Crippen molar-refractivity contribution >= 4 is 11.9 Å². The minimum atomic E-state index is -0.859. The van der Waals surface area contributed by atoms with Crippen LogP contribution in [0.15, 0.2) is 12.2 Å². The molecule has 0 heterocycles. The molecule has 0 radical (unpaired) electrons. The standard InChI is InChI=1S/C60H117NO5/c1-3-5-7-9-11-13-15-17-19-21-23-24-25-26-28-30-32-36-40-44-48-52-58(63)57(56-62)61-59(64)53-49-45-41-37-34-35-39-43-47-51-55-66-60(65)54-50-46-42-38-33-31-29-27-22-20-18-16-14-12-10-8-6-4-2/h48,52,57-58,62-63H,3-47,49-51,53-56H2,1-2H3,(H,61,64)/b52-48+. The van der Waals surface area contributed by atoms with Gasteiger partial charge in [0.1, 0.15) is 0 Å². The van der Waals surface area contributed by atoms with E-state index in [1.807, 2.05) is 6.08 Å². The third kappa shape index (κ3) is 52.0. The normalized spacial score (nSPS) is 12.6. The zero-order valence-corrected chi connectivity index (χ0v) is 44.7. The molecule has 66 heavy (non-hydrogen) atoms. The first-order chi connectivity index (χ1) is 32.5. The molecule has 6 heteroatoms. The summed E-state index contributed by atoms with van der Waals surface area (Å²) in [4.78, 5) is 24.6. The molecule has 0 fully saturated rings. The van der Waals surface area contributed by atoms with Gasteiger partial charge >= 0.3 is 5.97 Å². The summed E-state index contributed by atoms with van der Waals surface area (Å²) in [6.45, 7) is 4.89. The number of allylic oxidation sites excluding steroid dienone is 1. The number of unbranched alkanes of at least 4 members (excludes halogenated alkanes) is 45. The third-order valence-electron chi connectivity index (χ3n) is 14.1. The summed E-state index contributed by atoms with van der Waals surface area (Å²) >= 11 is 0. The molecule has 2 atom stereocenters. The van der Waals surface area contributed by atoms with Gasteiger partial charge in [-0.1, -0.05) is 302 Å². The summed E-state index contributed by atoms with van der Waals surface area (Å²) in [7, 11) is 0. The number of ether oxygens (including phenoxy) is 1. The molecule has 1 amide bonds. The molecule has 6 nitrogen and oxygen atoms in total. The molecule has 0 bridgehead atoms. The van der Waals surface area contributed by atoms with Crippen LogP contribution in [0.5, 0.6) is 0 Å². The van der Waals surface area contributed by atoms with Gasteiger partial charge in [0.05, 0.1) is 25.4 Å². The van der Waals surface area contributed by atoms with E-state index in [4.69, 9.17) is 4.74 Å². The molecule has 0 aliphatic carbocycles. The van der Waals surface area contributed by atoms with Crippen molar-refractivity contribution in [1.82, 2.24) is 5.32 Å². The minimum absolute atomic E-state index is 0.0154. The fourth-order valence-corrected chi connectivity index (χ4v) is 9.46. The van der Waals surface area contributed by atoms with Crippen LogP contribution in [-0.2, 0) is 14.3 Å². The Morgan fingerprint density at radius 3 is 1.03 bits per heavy atom. The lowest BCUT2D eigenvalue weighted by molar-refractivity contribution is -0.143. The largest absolute Gasteiger partial charge is 0.466 e. The Balaban J connectivity index is 3.47. The first kappa shape index (κ1) is 64.6. The number of aliphatic hydroxyl groups is 2. The maximum Gasteiger partial charge on any atom is 0.305 e. The number of rotatable bonds is 56. The molecule has 3 N–H and O–H groups in total. The number of nitrogens with one attached hydrogen (secondary N) is 1. The van der Waals surface area contributed by atoms with Crippen molar-refractivity contribution in [1.29, 1.82) is 0 Å². The van der Waals surface area contributed by atoms with Crippen LogP contribution in [0, 0.1) is 0 Å². The highest BCUT2D eigenvalue weighted by Gasteiger charge is 2.18. The molecule has 392 valence electrons. The zero-order chi connectivity index (χ0) is 47.9. The van der Waals surface area contributed by atoms with Crippen LogP contribution in [0.3, 0.4) is 0 Å². The molecular weight excluding hydrogens is 815 g/mol. The van der Waals surface area contributed by atoms with Crippen molar-refractivity contribution in [2.45, 2.75) is 347 Å². The van der Waals surface area contributed by atoms with Crippen molar-refractivity contribution in [2.24, 2.45) is 0 Å². The molecule has 0 aromatic carbocycles. The van der Waals surface area contributed by atoms with Gasteiger partial charge in [0.25, 0.3) is 0 Å². The van der Waals surface area contributed by atoms with Gasteiger partial charge in [-0.25, -0.2) is 0 Å². The van der Waals surface area contributed by atoms with Gasteiger partial charge in [0.15, 0.2) is 0 Å². The third-order valence-corrected chi connectivity index (χ3v) is 14.1. The van der Waals surface area contributed by atoms with E-state index in [1.165, 1.54) is 250 Å². The maximum absolute atomic E-state index is 12.5. The Morgan fingerprint density at radius 2 is 0.697 bits per heavy atom. The molecule has 0 aliphatic rings. The van der Waals surface area contributed by atoms with Gasteiger partial charge in [0, 0.05) is 12.8 Å². The number of aliphatic hydroxyl groups excluding tert-OH is 2. The first-order valence-corrected chi connectivity index (χ1v) is 30.0. The molecule has 0 aromatic rings. The smallest absolute Gasteiger partial charge is 0.305 e. The predicted molar refractivity (Wildman–Crippen MR) is 287 cm³/mol. The van der Waals surface area contributed by atoms with Crippen molar-refractivity contribution in [2.75, 3.05) is 13.2 Å². The van der Waals surface area contributed by atoms with E-state index in [0.717, 1.165) is 57.8 Å². The van der Waals surface area contributed by atoms with Gasteiger partial charge < -0.3 is 20.3 Å². The minimum Gasteiger partial charge on any atom is -0.466 e. The second kappa shape index (κ2) is 56.2. The number of hydrogen-bond acceptors (Lipinski definition) is 5. The van der Waals surface area contributed by atoms with Crippen LogP contribution >= 0.6 is 0 Å². The lowest BCUT2D eigenvalue weighted by Crippen LogP contribution is -2.45. The van der Waals surface area contributed by atoms with E-state index in [9.17, 15) is 19.8 Å². The molecule has 0 rings (SSSR count). The number of esters is 1. The highest BCUT2D eigenvalue weighted by molar-refractivity contribution is 5.76. The summed E-state index contributed by atoms with van der Waals surface area (Å²) in [5, 5.41) is 23.2. The maximum atomic E-state index is 12.5. The van der Waals surface area contributed by atoms with Gasteiger partial charge in [-0.05, 0) is 32.1 Å². The highest BCUT2D eigenvalue weighted by Crippen LogP contribution is 2.18. The van der Waals surface area contributed by atoms with Crippen LogP contribution < -0.4 is 5.32 Å². The Labute approximate surface area is 412 Å². The van der Waals surface area contributed by atoms with E-state index in [0.29, 0.717) is 19.4 Å². The molecule has 2 unspecified atom stereocenters. The Kier molecular flexibility index (Phi) is 55.0. The summed E-state index contributed by atoms with van der Waals surface area (Å²) in [5.74, 6) is -0.102. The number of amides is 1. The van der Waals surface area contributed by atoms with Crippen LogP contribution in [0.1, 0.15) is 335 Å². The van der Waals surface area contributed by atoms with Crippen molar-refractivity contribution in [3.05, 3.63) is 12.2 Å². The van der Waals surface area contributed by atoms with Crippen molar-refractivity contribution in [3.8, 4) is 0 Å². The average molecular weight is 933 g/mol. The monoisotopic (exact) mass is 932 g/mol. The fraction of sp³-hybridized carbons (Fsp3) is 0.933. The predicted octanol–water partition coefficient (Wildman–Crippen LogP) is 18.5. The molecule has 0 spiro atoms. The number of carbonyl (C=O) groups excluding carboxylic acids is 2. The van der Waals surface area contributed by atoms with Crippen LogP contribution in [0.4, 0.5) is 0 Å². The summed E-state index contributed by atoms with van der Waals surface area (Å²) in [5.41, 5.74) is 0. The van der Waals surface area contributed by atoms with E-state index in [-0.39, 0.29) is 18.5 Å².